The fourth-order valence-corrected chi connectivity index (χ4v) is 0.875. The third-order valence-corrected chi connectivity index (χ3v) is 1.72. The van der Waals surface area contributed by atoms with Gasteiger partial charge in [0.25, 0.3) is 0 Å². The van der Waals surface area contributed by atoms with E-state index in [-0.39, 0.29) is 5.88 Å². The zero-order valence-electron chi connectivity index (χ0n) is 6.92. The van der Waals surface area contributed by atoms with Gasteiger partial charge in [-0.05, 0) is 19.1 Å². The van der Waals surface area contributed by atoms with Crippen molar-refractivity contribution in [3.63, 3.8) is 0 Å². The molecule has 0 amide bonds. The fourth-order valence-electron chi connectivity index (χ4n) is 0.815. The number of rotatable bonds is 2. The topological polar surface area (TPSA) is 38.4 Å². The van der Waals surface area contributed by atoms with Crippen molar-refractivity contribution >= 4 is 23.1 Å². The maximum atomic E-state index is 5.48. The highest BCUT2D eigenvalue weighted by Gasteiger charge is 1.90. The summed E-state index contributed by atoms with van der Waals surface area (Å²) in [6, 6.07) is 7.80. The summed E-state index contributed by atoms with van der Waals surface area (Å²) in [4.78, 5) is 4.08. The molecule has 0 saturated heterocycles. The van der Waals surface area contributed by atoms with E-state index in [4.69, 9.17) is 17.3 Å². The van der Waals surface area contributed by atoms with Crippen molar-refractivity contribution in [2.75, 3.05) is 5.88 Å². The minimum atomic E-state index is 0.272. The summed E-state index contributed by atoms with van der Waals surface area (Å²) in [6.07, 6.45) is 0. The molecule has 0 bridgehead atoms. The molecule has 0 aliphatic carbocycles. The maximum Gasteiger partial charge on any atom is 0.115 e. The number of hydrogen-bond donors (Lipinski definition) is 1. The first kappa shape index (κ1) is 9.07. The third-order valence-electron chi connectivity index (χ3n) is 1.44. The summed E-state index contributed by atoms with van der Waals surface area (Å²) < 4.78 is 0. The maximum absolute atomic E-state index is 5.48. The van der Waals surface area contributed by atoms with Crippen molar-refractivity contribution in [2.24, 2.45) is 10.7 Å². The molecule has 1 rings (SSSR count). The molecule has 0 radical (unpaired) electrons. The number of benzene rings is 1. The van der Waals surface area contributed by atoms with Crippen LogP contribution in [0.1, 0.15) is 5.56 Å². The van der Waals surface area contributed by atoms with Gasteiger partial charge in [-0.25, -0.2) is 4.99 Å². The zero-order chi connectivity index (χ0) is 8.97. The van der Waals surface area contributed by atoms with E-state index in [2.05, 4.69) is 4.99 Å². The van der Waals surface area contributed by atoms with Crippen molar-refractivity contribution in [2.45, 2.75) is 6.92 Å². The molecule has 0 saturated carbocycles. The molecule has 0 aromatic heterocycles. The number of aryl methyl sites for hydroxylation is 1. The minimum Gasteiger partial charge on any atom is -0.386 e. The van der Waals surface area contributed by atoms with Crippen LogP contribution >= 0.6 is 11.6 Å². The van der Waals surface area contributed by atoms with Gasteiger partial charge < -0.3 is 5.73 Å². The number of nitrogens with zero attached hydrogens (tertiary/aromatic N) is 1. The van der Waals surface area contributed by atoms with Crippen LogP contribution in [0.2, 0.25) is 0 Å². The zero-order valence-corrected chi connectivity index (χ0v) is 7.67. The van der Waals surface area contributed by atoms with Gasteiger partial charge in [-0.3, -0.25) is 0 Å². The van der Waals surface area contributed by atoms with E-state index in [9.17, 15) is 0 Å². The first-order chi connectivity index (χ1) is 5.72. The molecule has 0 aliphatic heterocycles. The van der Waals surface area contributed by atoms with Gasteiger partial charge in [0.2, 0.25) is 0 Å². The van der Waals surface area contributed by atoms with Gasteiger partial charge in [-0.2, -0.15) is 0 Å². The summed E-state index contributed by atoms with van der Waals surface area (Å²) in [6.45, 7) is 2.03. The predicted molar refractivity (Wildman–Crippen MR) is 53.2 cm³/mol. The Morgan fingerprint density at radius 3 is 2.50 bits per heavy atom. The molecule has 3 heteroatoms. The molecule has 0 atom stereocenters. The van der Waals surface area contributed by atoms with Gasteiger partial charge in [-0.15, -0.1) is 11.6 Å². The second-order valence-electron chi connectivity index (χ2n) is 2.57. The molecule has 2 N–H and O–H groups in total. The molecule has 1 aromatic rings. The van der Waals surface area contributed by atoms with Gasteiger partial charge in [0.05, 0.1) is 11.6 Å². The van der Waals surface area contributed by atoms with Crippen LogP contribution in [0.5, 0.6) is 0 Å². The van der Waals surface area contributed by atoms with Gasteiger partial charge in [0.15, 0.2) is 0 Å². The monoisotopic (exact) mass is 182 g/mol. The van der Waals surface area contributed by atoms with E-state index in [1.54, 1.807) is 0 Å². The quantitative estimate of drug-likeness (QED) is 0.425. The average Bonchev–Trinajstić information content (AvgIpc) is 2.09. The average molecular weight is 183 g/mol. The molecular formula is C9H11ClN2. The lowest BCUT2D eigenvalue weighted by atomic mass is 10.2. The molecule has 0 unspecified atom stereocenters. The Morgan fingerprint density at radius 2 is 2.00 bits per heavy atom. The molecule has 1 aromatic carbocycles. The van der Waals surface area contributed by atoms with Gasteiger partial charge in [0, 0.05) is 0 Å². The Balaban J connectivity index is 2.84. The molecule has 2 nitrogen and oxygen atoms in total. The lowest BCUT2D eigenvalue weighted by Gasteiger charge is -1.96. The number of alkyl halides is 1. The van der Waals surface area contributed by atoms with Crippen LogP contribution in [-0.2, 0) is 0 Å². The van der Waals surface area contributed by atoms with Crippen molar-refractivity contribution < 1.29 is 0 Å². The first-order valence-electron chi connectivity index (χ1n) is 3.68. The van der Waals surface area contributed by atoms with Crippen molar-refractivity contribution in [1.29, 1.82) is 0 Å². The second-order valence-corrected chi connectivity index (χ2v) is 2.84. The smallest absolute Gasteiger partial charge is 0.115 e. The van der Waals surface area contributed by atoms with E-state index in [1.807, 2.05) is 31.2 Å². The number of aliphatic imine (C=N–C) groups is 1. The highest BCUT2D eigenvalue weighted by Crippen LogP contribution is 2.11. The van der Waals surface area contributed by atoms with Gasteiger partial charge >= 0.3 is 0 Å². The van der Waals surface area contributed by atoms with Crippen molar-refractivity contribution in [1.82, 2.24) is 0 Å². The highest BCUT2D eigenvalue weighted by molar-refractivity contribution is 6.28. The lowest BCUT2D eigenvalue weighted by molar-refractivity contribution is 1.41. The number of hydrogen-bond acceptors (Lipinski definition) is 1. The number of amidine groups is 1. The summed E-state index contributed by atoms with van der Waals surface area (Å²) in [5.74, 6) is 0.717. The summed E-state index contributed by atoms with van der Waals surface area (Å²) in [5, 5.41) is 0. The Kier molecular flexibility index (Phi) is 3.11. The first-order valence-corrected chi connectivity index (χ1v) is 4.21. The SMILES string of the molecule is Cc1ccc(N=C(N)CCl)cc1. The number of nitrogens with two attached hydrogens (primary N) is 1. The van der Waals surface area contributed by atoms with Crippen LogP contribution in [0.3, 0.4) is 0 Å². The molecule has 64 valence electrons. The van der Waals surface area contributed by atoms with Gasteiger partial charge in [0.1, 0.15) is 5.84 Å². The standard InChI is InChI=1S/C9H11ClN2/c1-7-2-4-8(5-3-7)12-9(11)6-10/h2-5H,6H2,1H3,(H2,11,12). The Hall–Kier alpha value is -1.02. The second kappa shape index (κ2) is 4.12. The largest absolute Gasteiger partial charge is 0.386 e. The minimum absolute atomic E-state index is 0.272. The summed E-state index contributed by atoms with van der Waals surface area (Å²) in [5.41, 5.74) is 7.51. The van der Waals surface area contributed by atoms with E-state index in [0.717, 1.165) is 5.69 Å². The Morgan fingerprint density at radius 1 is 1.42 bits per heavy atom. The van der Waals surface area contributed by atoms with Crippen molar-refractivity contribution in [3.8, 4) is 0 Å². The van der Waals surface area contributed by atoms with Crippen LogP contribution < -0.4 is 5.73 Å². The number of halogens is 1. The molecule has 0 fully saturated rings. The molecular weight excluding hydrogens is 172 g/mol. The van der Waals surface area contributed by atoms with Crippen LogP contribution in [0.15, 0.2) is 29.3 Å². The van der Waals surface area contributed by atoms with Crippen LogP contribution in [0, 0.1) is 6.92 Å². The summed E-state index contributed by atoms with van der Waals surface area (Å²) >= 11 is 5.48. The van der Waals surface area contributed by atoms with E-state index < -0.39 is 0 Å². The van der Waals surface area contributed by atoms with Crippen LogP contribution in [-0.4, -0.2) is 11.7 Å². The molecule has 0 heterocycles. The van der Waals surface area contributed by atoms with E-state index in [1.165, 1.54) is 5.56 Å². The Bertz CT molecular complexity index is 277. The van der Waals surface area contributed by atoms with Crippen LogP contribution in [0.25, 0.3) is 0 Å². The lowest BCUT2D eigenvalue weighted by Crippen LogP contribution is -2.12. The molecule has 0 spiro atoms. The molecule has 0 aliphatic rings. The summed E-state index contributed by atoms with van der Waals surface area (Å²) in [7, 11) is 0. The predicted octanol–water partition coefficient (Wildman–Crippen LogP) is 2.22. The third kappa shape index (κ3) is 2.55. The van der Waals surface area contributed by atoms with E-state index >= 15 is 0 Å². The Labute approximate surface area is 77.1 Å². The normalized spacial score (nSPS) is 11.7. The highest BCUT2D eigenvalue weighted by atomic mass is 35.5. The van der Waals surface area contributed by atoms with Crippen molar-refractivity contribution in [3.05, 3.63) is 29.8 Å². The van der Waals surface area contributed by atoms with E-state index in [0.29, 0.717) is 5.84 Å². The molecule has 12 heavy (non-hydrogen) atoms. The van der Waals surface area contributed by atoms with Gasteiger partial charge in [-0.1, -0.05) is 17.7 Å². The van der Waals surface area contributed by atoms with Crippen LogP contribution in [0.4, 0.5) is 5.69 Å². The fraction of sp³-hybridized carbons (Fsp3) is 0.222.